The zero-order valence-electron chi connectivity index (χ0n) is 8.39. The van der Waals surface area contributed by atoms with Crippen molar-refractivity contribution in [2.75, 3.05) is 17.3 Å². The first kappa shape index (κ1) is 13.8. The SMILES string of the molecule is CC(C)S(=O)(=O)CCSCCC(=O)O. The number of carboxylic acids is 1. The minimum absolute atomic E-state index is 0.0897. The molecule has 0 aromatic heterocycles. The molecule has 0 amide bonds. The van der Waals surface area contributed by atoms with Gasteiger partial charge in [-0.3, -0.25) is 4.79 Å². The van der Waals surface area contributed by atoms with Crippen LogP contribution in [0.5, 0.6) is 0 Å². The molecule has 14 heavy (non-hydrogen) atoms. The van der Waals surface area contributed by atoms with Crippen molar-refractivity contribution >= 4 is 27.6 Å². The highest BCUT2D eigenvalue weighted by atomic mass is 32.2. The molecule has 0 saturated heterocycles. The highest BCUT2D eigenvalue weighted by Crippen LogP contribution is 2.07. The Hall–Kier alpha value is -0.230. The van der Waals surface area contributed by atoms with Gasteiger partial charge in [0.2, 0.25) is 0 Å². The standard InChI is InChI=1S/C8H16O4S2/c1-7(2)14(11,12)6-5-13-4-3-8(9)10/h7H,3-6H2,1-2H3,(H,9,10). The van der Waals surface area contributed by atoms with Crippen LogP contribution in [-0.2, 0) is 14.6 Å². The minimum Gasteiger partial charge on any atom is -0.481 e. The number of aliphatic carboxylic acids is 1. The van der Waals surface area contributed by atoms with Gasteiger partial charge in [-0.25, -0.2) is 8.42 Å². The molecule has 0 saturated carbocycles. The van der Waals surface area contributed by atoms with Gasteiger partial charge >= 0.3 is 5.97 Å². The molecular formula is C8H16O4S2. The molecule has 0 aromatic rings. The quantitative estimate of drug-likeness (QED) is 0.673. The zero-order valence-corrected chi connectivity index (χ0v) is 10.0. The summed E-state index contributed by atoms with van der Waals surface area (Å²) in [5.41, 5.74) is 0. The fourth-order valence-corrected chi connectivity index (χ4v) is 3.07. The van der Waals surface area contributed by atoms with Crippen LogP contribution in [0.2, 0.25) is 0 Å². The van der Waals surface area contributed by atoms with Crippen molar-refractivity contribution in [3.05, 3.63) is 0 Å². The summed E-state index contributed by atoms with van der Waals surface area (Å²) in [7, 11) is -2.97. The Kier molecular flexibility index (Phi) is 6.19. The van der Waals surface area contributed by atoms with Crippen molar-refractivity contribution in [3.8, 4) is 0 Å². The van der Waals surface area contributed by atoms with Crippen LogP contribution in [0.3, 0.4) is 0 Å². The van der Waals surface area contributed by atoms with Gasteiger partial charge in [0, 0.05) is 11.5 Å². The van der Waals surface area contributed by atoms with E-state index in [4.69, 9.17) is 5.11 Å². The molecule has 0 aliphatic heterocycles. The van der Waals surface area contributed by atoms with E-state index in [9.17, 15) is 13.2 Å². The minimum atomic E-state index is -2.97. The Labute approximate surface area is 89.0 Å². The van der Waals surface area contributed by atoms with Crippen molar-refractivity contribution in [2.45, 2.75) is 25.5 Å². The fourth-order valence-electron chi connectivity index (χ4n) is 0.672. The predicted octanol–water partition coefficient (Wildman–Crippen LogP) is 1.02. The molecule has 4 nitrogen and oxygen atoms in total. The molecule has 0 atom stereocenters. The third-order valence-electron chi connectivity index (χ3n) is 1.69. The van der Waals surface area contributed by atoms with Crippen LogP contribution in [0.1, 0.15) is 20.3 Å². The molecule has 0 aliphatic rings. The molecule has 6 heteroatoms. The molecule has 0 spiro atoms. The first-order valence-corrected chi connectivity index (χ1v) is 7.24. The van der Waals surface area contributed by atoms with E-state index in [-0.39, 0.29) is 17.4 Å². The predicted molar refractivity (Wildman–Crippen MR) is 58.5 cm³/mol. The number of hydrogen-bond donors (Lipinski definition) is 1. The van der Waals surface area contributed by atoms with Crippen LogP contribution in [0.25, 0.3) is 0 Å². The second kappa shape index (κ2) is 6.29. The topological polar surface area (TPSA) is 71.4 Å². The fraction of sp³-hybridized carbons (Fsp3) is 0.875. The molecule has 0 aromatic carbocycles. The van der Waals surface area contributed by atoms with E-state index in [0.717, 1.165) is 0 Å². The number of hydrogen-bond acceptors (Lipinski definition) is 4. The van der Waals surface area contributed by atoms with Crippen LogP contribution in [-0.4, -0.2) is 42.0 Å². The van der Waals surface area contributed by atoms with E-state index in [1.807, 2.05) is 0 Å². The number of rotatable bonds is 7. The maximum Gasteiger partial charge on any atom is 0.304 e. The second-order valence-electron chi connectivity index (χ2n) is 3.17. The zero-order chi connectivity index (χ0) is 11.2. The van der Waals surface area contributed by atoms with Crippen LogP contribution >= 0.6 is 11.8 Å². The lowest BCUT2D eigenvalue weighted by atomic mass is 10.5. The van der Waals surface area contributed by atoms with Crippen molar-refractivity contribution in [1.29, 1.82) is 0 Å². The van der Waals surface area contributed by atoms with Gasteiger partial charge in [-0.15, -0.1) is 0 Å². The molecule has 0 radical (unpaired) electrons. The first-order chi connectivity index (χ1) is 6.36. The molecule has 0 rings (SSSR count). The average molecular weight is 240 g/mol. The average Bonchev–Trinajstić information content (AvgIpc) is 2.02. The summed E-state index contributed by atoms with van der Waals surface area (Å²) in [6.45, 7) is 3.30. The van der Waals surface area contributed by atoms with Crippen molar-refractivity contribution in [3.63, 3.8) is 0 Å². The summed E-state index contributed by atoms with van der Waals surface area (Å²) in [6, 6.07) is 0. The van der Waals surface area contributed by atoms with Crippen molar-refractivity contribution in [2.24, 2.45) is 0 Å². The number of carbonyl (C=O) groups is 1. The summed E-state index contributed by atoms with van der Waals surface area (Å²) >= 11 is 1.37. The van der Waals surface area contributed by atoms with E-state index >= 15 is 0 Å². The normalized spacial score (nSPS) is 11.9. The molecule has 1 N–H and O–H groups in total. The third kappa shape index (κ3) is 6.26. The summed E-state index contributed by atoms with van der Waals surface area (Å²) in [4.78, 5) is 10.1. The van der Waals surface area contributed by atoms with Crippen LogP contribution in [0.15, 0.2) is 0 Å². The van der Waals surface area contributed by atoms with Gasteiger partial charge in [0.25, 0.3) is 0 Å². The molecule has 0 heterocycles. The monoisotopic (exact) mass is 240 g/mol. The number of sulfone groups is 1. The van der Waals surface area contributed by atoms with Gasteiger partial charge in [0.1, 0.15) is 0 Å². The van der Waals surface area contributed by atoms with E-state index in [1.54, 1.807) is 13.8 Å². The Morgan fingerprint density at radius 2 is 1.93 bits per heavy atom. The van der Waals surface area contributed by atoms with E-state index in [0.29, 0.717) is 11.5 Å². The molecular weight excluding hydrogens is 224 g/mol. The first-order valence-electron chi connectivity index (χ1n) is 4.37. The van der Waals surface area contributed by atoms with Gasteiger partial charge in [0.15, 0.2) is 9.84 Å². The third-order valence-corrected chi connectivity index (χ3v) is 5.14. The van der Waals surface area contributed by atoms with Gasteiger partial charge in [-0.05, 0) is 13.8 Å². The lowest BCUT2D eigenvalue weighted by molar-refractivity contribution is -0.136. The van der Waals surface area contributed by atoms with Crippen molar-refractivity contribution in [1.82, 2.24) is 0 Å². The summed E-state index contributed by atoms with van der Waals surface area (Å²) in [6.07, 6.45) is 0.0897. The Morgan fingerprint density at radius 1 is 1.36 bits per heavy atom. The lowest BCUT2D eigenvalue weighted by Gasteiger charge is -2.06. The van der Waals surface area contributed by atoms with Crippen molar-refractivity contribution < 1.29 is 18.3 Å². The molecule has 0 fully saturated rings. The number of carboxylic acid groups (broad SMARTS) is 1. The van der Waals surface area contributed by atoms with Crippen LogP contribution in [0.4, 0.5) is 0 Å². The molecule has 84 valence electrons. The largest absolute Gasteiger partial charge is 0.481 e. The molecule has 0 aliphatic carbocycles. The lowest BCUT2D eigenvalue weighted by Crippen LogP contribution is -2.19. The van der Waals surface area contributed by atoms with Gasteiger partial charge in [0.05, 0.1) is 17.4 Å². The highest BCUT2D eigenvalue weighted by Gasteiger charge is 2.15. The molecule has 0 bridgehead atoms. The summed E-state index contributed by atoms with van der Waals surface area (Å²) in [5, 5.41) is 7.98. The van der Waals surface area contributed by atoms with Gasteiger partial charge < -0.3 is 5.11 Å². The Morgan fingerprint density at radius 3 is 2.36 bits per heavy atom. The Bertz CT molecular complexity index is 269. The number of thioether (sulfide) groups is 1. The summed E-state index contributed by atoms with van der Waals surface area (Å²) < 4.78 is 22.6. The Balaban J connectivity index is 3.60. The van der Waals surface area contributed by atoms with Crippen LogP contribution in [0, 0.1) is 0 Å². The maximum absolute atomic E-state index is 11.3. The van der Waals surface area contributed by atoms with E-state index in [1.165, 1.54) is 11.8 Å². The smallest absolute Gasteiger partial charge is 0.304 e. The molecule has 0 unspecified atom stereocenters. The van der Waals surface area contributed by atoms with Gasteiger partial charge in [-0.2, -0.15) is 11.8 Å². The second-order valence-corrected chi connectivity index (χ2v) is 7.07. The van der Waals surface area contributed by atoms with E-state index in [2.05, 4.69) is 0 Å². The van der Waals surface area contributed by atoms with E-state index < -0.39 is 15.8 Å². The summed E-state index contributed by atoms with van der Waals surface area (Å²) in [5.74, 6) is 0.246. The van der Waals surface area contributed by atoms with Gasteiger partial charge in [-0.1, -0.05) is 0 Å². The highest BCUT2D eigenvalue weighted by molar-refractivity contribution is 8.00. The maximum atomic E-state index is 11.3. The van der Waals surface area contributed by atoms with Crippen LogP contribution < -0.4 is 0 Å².